The van der Waals surface area contributed by atoms with Crippen LogP contribution < -0.4 is 5.73 Å². The molecule has 0 saturated carbocycles. The minimum atomic E-state index is 0.622. The monoisotopic (exact) mass is 246 g/mol. The van der Waals surface area contributed by atoms with Crippen LogP contribution in [0.3, 0.4) is 0 Å². The summed E-state index contributed by atoms with van der Waals surface area (Å²) in [5.74, 6) is 0. The van der Waals surface area contributed by atoms with Crippen molar-refractivity contribution in [1.82, 2.24) is 4.90 Å². The van der Waals surface area contributed by atoms with Crippen molar-refractivity contribution in [2.45, 2.75) is 45.6 Å². The van der Waals surface area contributed by atoms with Crippen LogP contribution in [0.25, 0.3) is 0 Å². The molecule has 0 atom stereocenters. The molecule has 96 valence electrons. The summed E-state index contributed by atoms with van der Waals surface area (Å²) in [6.07, 6.45) is 4.27. The third kappa shape index (κ3) is 7.14. The Bertz CT molecular complexity index is 184. The molecule has 4 heteroatoms. The topological polar surface area (TPSA) is 38.5 Å². The van der Waals surface area contributed by atoms with E-state index in [0.29, 0.717) is 11.0 Å². The summed E-state index contributed by atoms with van der Waals surface area (Å²) in [5.41, 5.74) is 5.51. The molecule has 0 fully saturated rings. The summed E-state index contributed by atoms with van der Waals surface area (Å²) in [4.78, 5) is 3.11. The van der Waals surface area contributed by atoms with Crippen LogP contribution in [0.15, 0.2) is 0 Å². The largest absolute Gasteiger partial charge is 0.393 e. The third-order valence-electron chi connectivity index (χ3n) is 2.91. The number of methoxy groups -OCH3 is 1. The van der Waals surface area contributed by atoms with Gasteiger partial charge < -0.3 is 10.5 Å². The molecule has 16 heavy (non-hydrogen) atoms. The van der Waals surface area contributed by atoms with Gasteiger partial charge in [0.25, 0.3) is 0 Å². The number of nitrogens with two attached hydrogens (primary N) is 1. The van der Waals surface area contributed by atoms with E-state index < -0.39 is 0 Å². The molecule has 0 aromatic heterocycles. The van der Waals surface area contributed by atoms with E-state index in [1.807, 2.05) is 0 Å². The van der Waals surface area contributed by atoms with Gasteiger partial charge in [0.1, 0.15) is 0 Å². The van der Waals surface area contributed by atoms with E-state index >= 15 is 0 Å². The normalized spacial score (nSPS) is 11.3. The van der Waals surface area contributed by atoms with Gasteiger partial charge in [-0.25, -0.2) is 0 Å². The molecule has 0 aromatic carbocycles. The maximum Gasteiger partial charge on any atom is 0.0727 e. The van der Waals surface area contributed by atoms with Crippen molar-refractivity contribution >= 4 is 17.2 Å². The van der Waals surface area contributed by atoms with Crippen molar-refractivity contribution in [3.63, 3.8) is 0 Å². The number of nitrogens with zero attached hydrogens (tertiary/aromatic N) is 1. The molecule has 0 aliphatic rings. The molecule has 3 nitrogen and oxygen atoms in total. The van der Waals surface area contributed by atoms with E-state index in [1.54, 1.807) is 7.11 Å². The van der Waals surface area contributed by atoms with Crippen molar-refractivity contribution < 1.29 is 4.74 Å². The van der Waals surface area contributed by atoms with Gasteiger partial charge in [0.05, 0.1) is 11.6 Å². The first-order chi connectivity index (χ1) is 7.65. The van der Waals surface area contributed by atoms with E-state index in [2.05, 4.69) is 18.7 Å². The summed E-state index contributed by atoms with van der Waals surface area (Å²) in [7, 11) is 1.75. The first-order valence-electron chi connectivity index (χ1n) is 6.16. The van der Waals surface area contributed by atoms with E-state index in [1.165, 1.54) is 12.8 Å². The molecule has 0 rings (SSSR count). The Morgan fingerprint density at radius 2 is 1.94 bits per heavy atom. The lowest BCUT2D eigenvalue weighted by atomic mass is 10.1. The van der Waals surface area contributed by atoms with Crippen LogP contribution in [0.5, 0.6) is 0 Å². The van der Waals surface area contributed by atoms with Gasteiger partial charge in [-0.1, -0.05) is 26.1 Å². The lowest BCUT2D eigenvalue weighted by molar-refractivity contribution is 0.115. The van der Waals surface area contributed by atoms with Gasteiger partial charge in [0, 0.05) is 19.7 Å². The van der Waals surface area contributed by atoms with Crippen LogP contribution >= 0.6 is 12.2 Å². The zero-order valence-electron chi connectivity index (χ0n) is 10.9. The van der Waals surface area contributed by atoms with Crippen LogP contribution in [0.2, 0.25) is 0 Å². The maximum atomic E-state index is 5.51. The molecule has 2 N–H and O–H groups in total. The number of rotatable bonds is 10. The zero-order valence-corrected chi connectivity index (χ0v) is 11.7. The van der Waals surface area contributed by atoms with Crippen LogP contribution in [0, 0.1) is 0 Å². The van der Waals surface area contributed by atoms with E-state index in [4.69, 9.17) is 22.7 Å². The Morgan fingerprint density at radius 3 is 2.38 bits per heavy atom. The quantitative estimate of drug-likeness (QED) is 0.600. The molecule has 0 bridgehead atoms. The van der Waals surface area contributed by atoms with E-state index in [0.717, 1.165) is 32.5 Å². The highest BCUT2D eigenvalue weighted by Crippen LogP contribution is 2.09. The first kappa shape index (κ1) is 15.8. The Balaban J connectivity index is 4.02. The van der Waals surface area contributed by atoms with Crippen molar-refractivity contribution in [1.29, 1.82) is 0 Å². The lowest BCUT2D eigenvalue weighted by Gasteiger charge is -2.30. The zero-order chi connectivity index (χ0) is 12.4. The maximum absolute atomic E-state index is 5.51. The average molecular weight is 246 g/mol. The summed E-state index contributed by atoms with van der Waals surface area (Å²) in [6, 6.07) is 0.654. The van der Waals surface area contributed by atoms with Crippen molar-refractivity contribution in [2.24, 2.45) is 5.73 Å². The molecule has 0 heterocycles. The predicted molar refractivity (Wildman–Crippen MR) is 73.8 cm³/mol. The van der Waals surface area contributed by atoms with Crippen LogP contribution in [0.1, 0.15) is 39.5 Å². The molecule has 0 spiro atoms. The molecule has 0 amide bonds. The van der Waals surface area contributed by atoms with Crippen LogP contribution in [-0.2, 0) is 4.74 Å². The van der Waals surface area contributed by atoms with Gasteiger partial charge in [0.15, 0.2) is 0 Å². The molecule has 0 unspecified atom stereocenters. The highest BCUT2D eigenvalue weighted by atomic mass is 32.1. The second-order valence-corrected chi connectivity index (χ2v) is 4.59. The second kappa shape index (κ2) is 10.00. The molecule has 0 aliphatic carbocycles. The third-order valence-corrected chi connectivity index (χ3v) is 3.11. The molecule has 0 saturated heterocycles. The molecular weight excluding hydrogens is 220 g/mol. The minimum absolute atomic E-state index is 0.622. The van der Waals surface area contributed by atoms with Crippen LogP contribution in [0.4, 0.5) is 0 Å². The lowest BCUT2D eigenvalue weighted by Crippen LogP contribution is -2.38. The fraction of sp³-hybridized carbons (Fsp3) is 0.917. The van der Waals surface area contributed by atoms with Crippen molar-refractivity contribution in [3.8, 4) is 0 Å². The number of hydrogen-bond acceptors (Lipinski definition) is 3. The highest BCUT2D eigenvalue weighted by molar-refractivity contribution is 7.80. The smallest absolute Gasteiger partial charge is 0.0727 e. The van der Waals surface area contributed by atoms with Gasteiger partial charge >= 0.3 is 0 Å². The number of thiocarbonyl (C=S) groups is 1. The predicted octanol–water partition coefficient (Wildman–Crippen LogP) is 2.19. The summed E-state index contributed by atoms with van der Waals surface area (Å²) in [5, 5.41) is 0. The molecule has 0 aromatic rings. The van der Waals surface area contributed by atoms with Crippen LogP contribution in [-0.4, -0.2) is 42.7 Å². The number of ether oxygens (including phenoxy) is 1. The molecule has 0 aliphatic heterocycles. The SMILES string of the molecule is CCC(CC)N(CCCC(N)=S)CCOC. The van der Waals surface area contributed by atoms with E-state index in [9.17, 15) is 0 Å². The fourth-order valence-corrected chi connectivity index (χ4v) is 2.09. The Labute approximate surface area is 105 Å². The Hall–Kier alpha value is -0.190. The molecule has 0 radical (unpaired) electrons. The summed E-state index contributed by atoms with van der Waals surface area (Å²) >= 11 is 4.89. The van der Waals surface area contributed by atoms with Crippen molar-refractivity contribution in [3.05, 3.63) is 0 Å². The van der Waals surface area contributed by atoms with Crippen molar-refractivity contribution in [2.75, 3.05) is 26.8 Å². The Morgan fingerprint density at radius 1 is 1.31 bits per heavy atom. The number of hydrogen-bond donors (Lipinski definition) is 1. The fourth-order valence-electron chi connectivity index (χ4n) is 1.95. The standard InChI is InChI=1S/C12H26N2OS/c1-4-11(5-2)14(9-10-15-3)8-6-7-12(13)16/h11H,4-10H2,1-3H3,(H2,13,16). The van der Waals surface area contributed by atoms with E-state index in [-0.39, 0.29) is 0 Å². The minimum Gasteiger partial charge on any atom is -0.393 e. The summed E-state index contributed by atoms with van der Waals surface area (Å²) < 4.78 is 5.15. The van der Waals surface area contributed by atoms with Gasteiger partial charge in [-0.2, -0.15) is 0 Å². The summed E-state index contributed by atoms with van der Waals surface area (Å²) in [6.45, 7) is 7.33. The second-order valence-electron chi connectivity index (χ2n) is 4.07. The average Bonchev–Trinajstić information content (AvgIpc) is 2.26. The van der Waals surface area contributed by atoms with Gasteiger partial charge in [-0.05, 0) is 32.2 Å². The van der Waals surface area contributed by atoms with Gasteiger partial charge in [-0.15, -0.1) is 0 Å². The van der Waals surface area contributed by atoms with Gasteiger partial charge in [0.2, 0.25) is 0 Å². The highest BCUT2D eigenvalue weighted by Gasteiger charge is 2.14. The first-order valence-corrected chi connectivity index (χ1v) is 6.57. The molecular formula is C12H26N2OS. The van der Waals surface area contributed by atoms with Gasteiger partial charge in [-0.3, -0.25) is 4.90 Å². The Kier molecular flexibility index (Phi) is 9.88.